The number of carbonyl (C=O) groups is 1. The number of rotatable bonds is 7. The Morgan fingerprint density at radius 3 is 2.62 bits per heavy atom. The first kappa shape index (κ1) is 22.5. The van der Waals surface area contributed by atoms with E-state index in [1.54, 1.807) is 11.0 Å². The third-order valence-electron chi connectivity index (χ3n) is 5.46. The van der Waals surface area contributed by atoms with Crippen LogP contribution in [0.5, 0.6) is 0 Å². The van der Waals surface area contributed by atoms with Crippen LogP contribution in [0.3, 0.4) is 0 Å². The van der Waals surface area contributed by atoms with E-state index in [0.29, 0.717) is 30.4 Å². The van der Waals surface area contributed by atoms with Crippen molar-refractivity contribution < 1.29 is 21.8 Å². The van der Waals surface area contributed by atoms with Crippen LogP contribution in [0.4, 0.5) is 4.39 Å². The molecule has 2 atom stereocenters. The lowest BCUT2D eigenvalue weighted by Crippen LogP contribution is -2.36. The summed E-state index contributed by atoms with van der Waals surface area (Å²) >= 11 is 2.33. The van der Waals surface area contributed by atoms with Gasteiger partial charge in [-0.2, -0.15) is 8.42 Å². The van der Waals surface area contributed by atoms with Crippen molar-refractivity contribution >= 4 is 49.5 Å². The predicted octanol–water partition coefficient (Wildman–Crippen LogP) is 3.98. The van der Waals surface area contributed by atoms with Gasteiger partial charge in [0.15, 0.2) is 0 Å². The fourth-order valence-corrected chi connectivity index (χ4v) is 5.62. The Balaban J connectivity index is 2.16. The molecule has 2 unspecified atom stereocenters. The number of benzene rings is 1. The second kappa shape index (κ2) is 8.89. The Hall–Kier alpha value is -1.20. The minimum absolute atomic E-state index is 0.0224. The molecule has 3 rings (SSSR count). The molecule has 0 radical (unpaired) electrons. The van der Waals surface area contributed by atoms with Crippen LogP contribution in [-0.4, -0.2) is 49.7 Å². The van der Waals surface area contributed by atoms with Crippen LogP contribution in [0.2, 0.25) is 0 Å². The van der Waals surface area contributed by atoms with Crippen molar-refractivity contribution in [3.63, 3.8) is 0 Å². The van der Waals surface area contributed by atoms with Gasteiger partial charge in [-0.1, -0.05) is 28.7 Å². The first-order valence-electron chi connectivity index (χ1n) is 9.77. The molecule has 1 aliphatic rings. The van der Waals surface area contributed by atoms with Gasteiger partial charge in [0.25, 0.3) is 10.1 Å². The number of halogens is 2. The summed E-state index contributed by atoms with van der Waals surface area (Å²) in [6, 6.07) is 4.87. The standard InChI is InChI=1S/C20H26FIN2O4S/c1-4-23(5-2)20(25)13-9-10-15(22)19-17(13)18-14(21)7-6-8-16(18)24(19)11-12-28-29(3,26)27/h6-8,13,15H,4-5,9-12H2,1-3H3. The molecule has 1 amide bonds. The van der Waals surface area contributed by atoms with Gasteiger partial charge in [0.05, 0.1) is 28.2 Å². The molecule has 1 aromatic heterocycles. The van der Waals surface area contributed by atoms with E-state index in [4.69, 9.17) is 4.18 Å². The fourth-order valence-electron chi connectivity index (χ4n) is 4.22. The van der Waals surface area contributed by atoms with Gasteiger partial charge >= 0.3 is 0 Å². The molecule has 160 valence electrons. The molecule has 0 aliphatic heterocycles. The number of nitrogens with zero attached hydrogens (tertiary/aromatic N) is 2. The number of aromatic nitrogens is 1. The largest absolute Gasteiger partial charge is 0.343 e. The number of amides is 1. The zero-order valence-corrected chi connectivity index (χ0v) is 19.8. The van der Waals surface area contributed by atoms with Gasteiger partial charge in [-0.3, -0.25) is 8.98 Å². The lowest BCUT2D eigenvalue weighted by Gasteiger charge is -2.31. The van der Waals surface area contributed by atoms with Crippen LogP contribution in [0, 0.1) is 5.82 Å². The molecule has 0 saturated heterocycles. The molecule has 1 aromatic carbocycles. The van der Waals surface area contributed by atoms with Crippen molar-refractivity contribution in [3.8, 4) is 0 Å². The maximum Gasteiger partial charge on any atom is 0.264 e. The number of alkyl halides is 1. The van der Waals surface area contributed by atoms with E-state index in [-0.39, 0.29) is 28.8 Å². The van der Waals surface area contributed by atoms with Crippen molar-refractivity contribution in [2.75, 3.05) is 26.0 Å². The molecule has 0 fully saturated rings. The summed E-state index contributed by atoms with van der Waals surface area (Å²) < 4.78 is 44.7. The summed E-state index contributed by atoms with van der Waals surface area (Å²) in [4.78, 5) is 15.0. The highest BCUT2D eigenvalue weighted by atomic mass is 127. The molecular formula is C20H26FIN2O4S. The van der Waals surface area contributed by atoms with Gasteiger partial charge < -0.3 is 9.47 Å². The van der Waals surface area contributed by atoms with Gasteiger partial charge in [-0.05, 0) is 44.4 Å². The highest BCUT2D eigenvalue weighted by Crippen LogP contribution is 2.48. The Bertz CT molecular complexity index is 1020. The molecule has 0 N–H and O–H groups in total. The molecule has 1 aliphatic carbocycles. The first-order valence-corrected chi connectivity index (χ1v) is 12.8. The van der Waals surface area contributed by atoms with Gasteiger partial charge in [0, 0.05) is 30.7 Å². The molecule has 29 heavy (non-hydrogen) atoms. The van der Waals surface area contributed by atoms with Crippen molar-refractivity contribution in [1.82, 2.24) is 9.47 Å². The van der Waals surface area contributed by atoms with E-state index < -0.39 is 16.0 Å². The van der Waals surface area contributed by atoms with Gasteiger partial charge in [0.2, 0.25) is 5.91 Å². The maximum absolute atomic E-state index is 15.0. The number of fused-ring (bicyclic) bond motifs is 3. The monoisotopic (exact) mass is 536 g/mol. The summed E-state index contributed by atoms with van der Waals surface area (Å²) in [6.07, 6.45) is 2.48. The zero-order chi connectivity index (χ0) is 21.3. The highest BCUT2D eigenvalue weighted by molar-refractivity contribution is 14.1. The number of hydrogen-bond acceptors (Lipinski definition) is 4. The Kier molecular flexibility index (Phi) is 6.89. The third-order valence-corrected chi connectivity index (χ3v) is 7.27. The lowest BCUT2D eigenvalue weighted by molar-refractivity contribution is -0.132. The molecule has 0 spiro atoms. The third kappa shape index (κ3) is 4.46. The minimum Gasteiger partial charge on any atom is -0.343 e. The molecule has 9 heteroatoms. The van der Waals surface area contributed by atoms with E-state index >= 15 is 0 Å². The van der Waals surface area contributed by atoms with E-state index in [1.165, 1.54) is 6.07 Å². The normalized spacial score (nSPS) is 19.3. The lowest BCUT2D eigenvalue weighted by atomic mass is 9.84. The summed E-state index contributed by atoms with van der Waals surface area (Å²) in [6.45, 7) is 5.34. The average Bonchev–Trinajstić information content (AvgIpc) is 2.99. The molecule has 6 nitrogen and oxygen atoms in total. The maximum atomic E-state index is 15.0. The number of carbonyl (C=O) groups excluding carboxylic acids is 1. The topological polar surface area (TPSA) is 68.6 Å². The van der Waals surface area contributed by atoms with Crippen LogP contribution < -0.4 is 0 Å². The van der Waals surface area contributed by atoms with E-state index in [2.05, 4.69) is 22.6 Å². The number of hydrogen-bond donors (Lipinski definition) is 0. The van der Waals surface area contributed by atoms with Crippen molar-refractivity contribution in [2.24, 2.45) is 0 Å². The Morgan fingerprint density at radius 2 is 2.00 bits per heavy atom. The quantitative estimate of drug-likeness (QED) is 0.305. The van der Waals surface area contributed by atoms with Gasteiger partial charge in [0.1, 0.15) is 5.82 Å². The summed E-state index contributed by atoms with van der Waals surface area (Å²) in [5, 5.41) is 0.466. The summed E-state index contributed by atoms with van der Waals surface area (Å²) in [5.41, 5.74) is 2.33. The second-order valence-corrected chi connectivity index (χ2v) is 10.4. The van der Waals surface area contributed by atoms with Gasteiger partial charge in [-0.15, -0.1) is 0 Å². The van der Waals surface area contributed by atoms with Crippen LogP contribution in [0.25, 0.3) is 10.9 Å². The molecule has 2 aromatic rings. The average molecular weight is 536 g/mol. The smallest absolute Gasteiger partial charge is 0.264 e. The summed E-state index contributed by atoms with van der Waals surface area (Å²) in [7, 11) is -3.57. The van der Waals surface area contributed by atoms with Crippen LogP contribution >= 0.6 is 22.6 Å². The van der Waals surface area contributed by atoms with E-state index in [1.807, 2.05) is 24.5 Å². The van der Waals surface area contributed by atoms with E-state index in [0.717, 1.165) is 23.9 Å². The minimum atomic E-state index is -3.57. The Morgan fingerprint density at radius 1 is 1.31 bits per heavy atom. The molecule has 0 saturated carbocycles. The SMILES string of the molecule is CCN(CC)C(=O)C1CCC(I)c2c1c1c(F)cccc1n2CCOS(C)(=O)=O. The van der Waals surface area contributed by atoms with Gasteiger partial charge in [-0.25, -0.2) is 4.39 Å². The first-order chi connectivity index (χ1) is 13.7. The molecule has 1 heterocycles. The van der Waals surface area contributed by atoms with Crippen LogP contribution in [0.15, 0.2) is 18.2 Å². The number of likely N-dealkylation sites (N-methyl/N-ethyl adjacent to an activating group) is 1. The van der Waals surface area contributed by atoms with Crippen LogP contribution in [0.1, 0.15) is 47.8 Å². The van der Waals surface area contributed by atoms with Crippen molar-refractivity contribution in [2.45, 2.75) is 43.1 Å². The second-order valence-electron chi connectivity index (χ2n) is 7.22. The zero-order valence-electron chi connectivity index (χ0n) is 16.8. The molecule has 0 bridgehead atoms. The highest BCUT2D eigenvalue weighted by Gasteiger charge is 2.38. The van der Waals surface area contributed by atoms with Crippen molar-refractivity contribution in [1.29, 1.82) is 0 Å². The predicted molar refractivity (Wildman–Crippen MR) is 119 cm³/mol. The van der Waals surface area contributed by atoms with Crippen LogP contribution in [-0.2, 0) is 25.6 Å². The van der Waals surface area contributed by atoms with Crippen molar-refractivity contribution in [3.05, 3.63) is 35.3 Å². The fraction of sp³-hybridized carbons (Fsp3) is 0.550. The Labute approximate surface area is 184 Å². The van der Waals surface area contributed by atoms with E-state index in [9.17, 15) is 17.6 Å². The molecular weight excluding hydrogens is 510 g/mol. The summed E-state index contributed by atoms with van der Waals surface area (Å²) in [5.74, 6) is -0.731.